The molecule has 0 fully saturated rings. The molecule has 1 aliphatic rings. The summed E-state index contributed by atoms with van der Waals surface area (Å²) < 4.78 is 27.5. The molecule has 5 rings (SSSR count). The van der Waals surface area contributed by atoms with E-state index in [1.807, 2.05) is 66.9 Å². The smallest absolute Gasteiger partial charge is 0.265 e. The van der Waals surface area contributed by atoms with Gasteiger partial charge in [-0.1, -0.05) is 60.2 Å². The van der Waals surface area contributed by atoms with E-state index in [-0.39, 0.29) is 23.4 Å². The van der Waals surface area contributed by atoms with Crippen LogP contribution in [0, 0.1) is 6.92 Å². The van der Waals surface area contributed by atoms with E-state index in [9.17, 15) is 13.2 Å². The summed E-state index contributed by atoms with van der Waals surface area (Å²) in [6.07, 6.45) is 0. The molecule has 4 aromatic rings. The van der Waals surface area contributed by atoms with Gasteiger partial charge in [-0.05, 0) is 41.5 Å². The van der Waals surface area contributed by atoms with E-state index in [0.717, 1.165) is 21.4 Å². The summed E-state index contributed by atoms with van der Waals surface area (Å²) in [5.41, 5.74) is 2.64. The standard InChI is InChI=1S/C24H20N2O3S2/c1-16-10-12-18(13-11-16)24(20-8-4-14-30-20)25-22(27)15-26-19-7-2-5-17-6-3-9-21(23(17)19)31(26,28)29/h2-14,24H,15H2,1H3,(H,25,27)/t24-/m1/s1. The zero-order valence-electron chi connectivity index (χ0n) is 16.8. The molecule has 1 amide bonds. The number of sulfonamides is 1. The van der Waals surface area contributed by atoms with Crippen LogP contribution in [0.5, 0.6) is 0 Å². The fourth-order valence-electron chi connectivity index (χ4n) is 4.00. The highest BCUT2D eigenvalue weighted by atomic mass is 32.2. The third-order valence-electron chi connectivity index (χ3n) is 5.51. The molecule has 156 valence electrons. The van der Waals surface area contributed by atoms with Crippen LogP contribution >= 0.6 is 11.3 Å². The van der Waals surface area contributed by atoms with Crippen LogP contribution in [0.15, 0.2) is 83.1 Å². The Morgan fingerprint density at radius 2 is 1.74 bits per heavy atom. The molecule has 7 heteroatoms. The zero-order chi connectivity index (χ0) is 21.6. The summed E-state index contributed by atoms with van der Waals surface area (Å²) in [5.74, 6) is -0.354. The van der Waals surface area contributed by atoms with Crippen molar-refractivity contribution in [3.63, 3.8) is 0 Å². The number of thiophene rings is 1. The molecule has 0 radical (unpaired) electrons. The molecule has 1 aromatic heterocycles. The van der Waals surface area contributed by atoms with Crippen molar-refractivity contribution >= 4 is 43.7 Å². The van der Waals surface area contributed by atoms with Gasteiger partial charge in [-0.3, -0.25) is 9.10 Å². The number of nitrogens with one attached hydrogen (secondary N) is 1. The van der Waals surface area contributed by atoms with Crippen molar-refractivity contribution in [3.8, 4) is 0 Å². The SMILES string of the molecule is Cc1ccc([C@@H](NC(=O)CN2c3cccc4cccc(c34)S2(=O)=O)c2cccs2)cc1. The molecule has 0 aliphatic carbocycles. The van der Waals surface area contributed by atoms with Crippen LogP contribution < -0.4 is 9.62 Å². The summed E-state index contributed by atoms with van der Waals surface area (Å²) in [4.78, 5) is 14.3. The number of rotatable bonds is 5. The van der Waals surface area contributed by atoms with Gasteiger partial charge in [-0.2, -0.15) is 0 Å². The third-order valence-corrected chi connectivity index (χ3v) is 8.25. The molecule has 5 nitrogen and oxygen atoms in total. The first-order valence-electron chi connectivity index (χ1n) is 9.89. The maximum Gasteiger partial charge on any atom is 0.265 e. The second-order valence-corrected chi connectivity index (χ2v) is 10.4. The molecule has 0 spiro atoms. The van der Waals surface area contributed by atoms with E-state index in [1.165, 1.54) is 4.31 Å². The van der Waals surface area contributed by atoms with Crippen LogP contribution in [0.2, 0.25) is 0 Å². The molecule has 31 heavy (non-hydrogen) atoms. The lowest BCUT2D eigenvalue weighted by molar-refractivity contribution is -0.120. The molecule has 0 unspecified atom stereocenters. The van der Waals surface area contributed by atoms with E-state index < -0.39 is 10.0 Å². The van der Waals surface area contributed by atoms with Gasteiger partial charge in [0.05, 0.1) is 16.6 Å². The summed E-state index contributed by atoms with van der Waals surface area (Å²) in [6.45, 7) is 1.74. The van der Waals surface area contributed by atoms with Crippen LogP contribution in [0.1, 0.15) is 22.0 Å². The number of nitrogens with zero attached hydrogens (tertiary/aromatic N) is 1. The molecular weight excluding hydrogens is 428 g/mol. The predicted molar refractivity (Wildman–Crippen MR) is 124 cm³/mol. The second kappa shape index (κ2) is 7.51. The maximum absolute atomic E-state index is 13.2. The summed E-state index contributed by atoms with van der Waals surface area (Å²) in [7, 11) is -3.78. The van der Waals surface area contributed by atoms with E-state index in [0.29, 0.717) is 11.1 Å². The van der Waals surface area contributed by atoms with Crippen molar-refractivity contribution in [1.29, 1.82) is 0 Å². The average Bonchev–Trinajstić information content (AvgIpc) is 3.36. The lowest BCUT2D eigenvalue weighted by atomic mass is 10.0. The number of benzene rings is 3. The minimum Gasteiger partial charge on any atom is -0.343 e. The lowest BCUT2D eigenvalue weighted by Gasteiger charge is -2.22. The van der Waals surface area contributed by atoms with Gasteiger partial charge in [0, 0.05) is 10.3 Å². The number of amides is 1. The number of carbonyl (C=O) groups is 1. The van der Waals surface area contributed by atoms with E-state index >= 15 is 0 Å². The molecule has 1 N–H and O–H groups in total. The highest BCUT2D eigenvalue weighted by molar-refractivity contribution is 7.93. The molecular formula is C24H20N2O3S2. The Labute approximate surface area is 185 Å². The van der Waals surface area contributed by atoms with Crippen molar-refractivity contribution < 1.29 is 13.2 Å². The Bertz CT molecular complexity index is 1370. The average molecular weight is 449 g/mol. The van der Waals surface area contributed by atoms with Gasteiger partial charge < -0.3 is 5.32 Å². The fourth-order valence-corrected chi connectivity index (χ4v) is 6.47. The molecule has 0 bridgehead atoms. The van der Waals surface area contributed by atoms with Crippen molar-refractivity contribution in [1.82, 2.24) is 5.32 Å². The predicted octanol–water partition coefficient (Wildman–Crippen LogP) is 4.62. The number of hydrogen-bond acceptors (Lipinski definition) is 4. The Kier molecular flexibility index (Phi) is 4.79. The van der Waals surface area contributed by atoms with E-state index in [4.69, 9.17) is 0 Å². The van der Waals surface area contributed by atoms with Gasteiger partial charge in [-0.25, -0.2) is 8.42 Å². The Balaban J connectivity index is 1.46. The van der Waals surface area contributed by atoms with Crippen LogP contribution in [-0.2, 0) is 14.8 Å². The van der Waals surface area contributed by atoms with Gasteiger partial charge >= 0.3 is 0 Å². The molecule has 1 aliphatic heterocycles. The number of aryl methyl sites for hydroxylation is 1. The quantitative estimate of drug-likeness (QED) is 0.484. The monoisotopic (exact) mass is 448 g/mol. The van der Waals surface area contributed by atoms with Crippen molar-refractivity contribution in [2.45, 2.75) is 17.9 Å². The van der Waals surface area contributed by atoms with Gasteiger partial charge in [0.25, 0.3) is 10.0 Å². The first-order chi connectivity index (χ1) is 14.9. The van der Waals surface area contributed by atoms with Crippen molar-refractivity contribution in [2.24, 2.45) is 0 Å². The Morgan fingerprint density at radius 1 is 1.00 bits per heavy atom. The molecule has 2 heterocycles. The van der Waals surface area contributed by atoms with Crippen molar-refractivity contribution in [2.75, 3.05) is 10.8 Å². The molecule has 3 aromatic carbocycles. The highest BCUT2D eigenvalue weighted by Gasteiger charge is 2.37. The normalized spacial score (nSPS) is 15.2. The number of hydrogen-bond donors (Lipinski definition) is 1. The molecule has 0 saturated carbocycles. The largest absolute Gasteiger partial charge is 0.343 e. The molecule has 1 atom stereocenters. The van der Waals surface area contributed by atoms with Gasteiger partial charge in [0.1, 0.15) is 6.54 Å². The third kappa shape index (κ3) is 3.40. The summed E-state index contributed by atoms with van der Waals surface area (Å²) in [6, 6.07) is 22.2. The van der Waals surface area contributed by atoms with E-state index in [1.54, 1.807) is 29.5 Å². The van der Waals surface area contributed by atoms with E-state index in [2.05, 4.69) is 5.32 Å². The van der Waals surface area contributed by atoms with Crippen molar-refractivity contribution in [3.05, 3.63) is 94.2 Å². The highest BCUT2D eigenvalue weighted by Crippen LogP contribution is 2.41. The lowest BCUT2D eigenvalue weighted by Crippen LogP contribution is -2.40. The minimum absolute atomic E-state index is 0.252. The van der Waals surface area contributed by atoms with Crippen LogP contribution in [0.4, 0.5) is 5.69 Å². The van der Waals surface area contributed by atoms with Crippen LogP contribution in [-0.4, -0.2) is 20.9 Å². The summed E-state index contributed by atoms with van der Waals surface area (Å²) >= 11 is 1.55. The first-order valence-corrected chi connectivity index (χ1v) is 12.2. The van der Waals surface area contributed by atoms with Gasteiger partial charge in [-0.15, -0.1) is 11.3 Å². The van der Waals surface area contributed by atoms with Gasteiger partial charge in [0.2, 0.25) is 5.91 Å². The molecule has 0 saturated heterocycles. The topological polar surface area (TPSA) is 66.5 Å². The first kappa shape index (κ1) is 19.8. The zero-order valence-corrected chi connectivity index (χ0v) is 18.4. The number of anilines is 1. The second-order valence-electron chi connectivity index (χ2n) is 7.57. The minimum atomic E-state index is -3.78. The number of carbonyl (C=O) groups excluding carboxylic acids is 1. The van der Waals surface area contributed by atoms with Gasteiger partial charge in [0.15, 0.2) is 0 Å². The van der Waals surface area contributed by atoms with Crippen LogP contribution in [0.25, 0.3) is 10.8 Å². The fraction of sp³-hybridized carbons (Fsp3) is 0.125. The summed E-state index contributed by atoms with van der Waals surface area (Å²) in [5, 5.41) is 6.52. The Morgan fingerprint density at radius 3 is 2.45 bits per heavy atom. The van der Waals surface area contributed by atoms with Crippen LogP contribution in [0.3, 0.4) is 0 Å². The Hall–Kier alpha value is -3.16. The maximum atomic E-state index is 13.2.